The van der Waals surface area contributed by atoms with Gasteiger partial charge in [0.2, 0.25) is 5.43 Å². The van der Waals surface area contributed by atoms with Gasteiger partial charge < -0.3 is 10.3 Å². The van der Waals surface area contributed by atoms with Crippen LogP contribution in [0.15, 0.2) is 77.1 Å². The Kier molecular flexibility index (Phi) is 6.07. The minimum absolute atomic E-state index is 0.0485. The summed E-state index contributed by atoms with van der Waals surface area (Å²) in [4.78, 5) is 28.0. The molecular formula is C22H23N3O4S. The summed E-state index contributed by atoms with van der Waals surface area (Å²) < 4.78 is 27.9. The number of H-pyrrole nitrogens is 1. The molecule has 3 rings (SSSR count). The van der Waals surface area contributed by atoms with Gasteiger partial charge in [-0.1, -0.05) is 24.3 Å². The number of nitrogens with zero attached hydrogens (tertiary/aromatic N) is 1. The molecule has 1 heterocycles. The van der Waals surface area contributed by atoms with Crippen molar-refractivity contribution in [2.24, 2.45) is 0 Å². The first-order chi connectivity index (χ1) is 14.3. The van der Waals surface area contributed by atoms with E-state index in [1.165, 1.54) is 34.8 Å². The molecule has 0 atom stereocenters. The molecule has 8 heteroatoms. The Labute approximate surface area is 175 Å². The van der Waals surface area contributed by atoms with E-state index in [9.17, 15) is 18.0 Å². The molecule has 1 aromatic heterocycles. The van der Waals surface area contributed by atoms with Gasteiger partial charge in [-0.3, -0.25) is 13.9 Å². The van der Waals surface area contributed by atoms with Gasteiger partial charge >= 0.3 is 0 Å². The second-order valence-corrected chi connectivity index (χ2v) is 8.89. The first kappa shape index (κ1) is 21.3. The number of hydrogen-bond donors (Lipinski definition) is 2. The highest BCUT2D eigenvalue weighted by Gasteiger charge is 2.25. The zero-order valence-corrected chi connectivity index (χ0v) is 17.6. The van der Waals surface area contributed by atoms with Crippen LogP contribution in [0.4, 0.5) is 5.69 Å². The standard InChI is InChI=1S/C22H23N3O4S/c1-4-12-25(16-8-6-5-7-9-16)30(28,29)17-10-11-20-18(13-17)21(26)19(14-23-20)22(27)24-15(2)3/h4-11,13-15H,1,12H2,2-3H3,(H,23,26)(H,24,27). The Morgan fingerprint density at radius 3 is 2.53 bits per heavy atom. The Bertz CT molecular complexity index is 1250. The molecule has 0 spiro atoms. The zero-order chi connectivity index (χ0) is 21.9. The third kappa shape index (κ3) is 4.13. The highest BCUT2D eigenvalue weighted by Crippen LogP contribution is 2.25. The predicted molar refractivity (Wildman–Crippen MR) is 118 cm³/mol. The van der Waals surface area contributed by atoms with Gasteiger partial charge in [-0.2, -0.15) is 0 Å². The van der Waals surface area contributed by atoms with Crippen LogP contribution in [0.2, 0.25) is 0 Å². The summed E-state index contributed by atoms with van der Waals surface area (Å²) >= 11 is 0. The molecule has 0 aliphatic carbocycles. The number of pyridine rings is 1. The number of aromatic amines is 1. The molecule has 3 aromatic rings. The average molecular weight is 426 g/mol. The van der Waals surface area contributed by atoms with Gasteiger partial charge in [0.15, 0.2) is 0 Å². The summed E-state index contributed by atoms with van der Waals surface area (Å²) in [6.45, 7) is 7.29. The van der Waals surface area contributed by atoms with E-state index in [-0.39, 0.29) is 28.4 Å². The molecule has 0 aliphatic heterocycles. The molecule has 2 aromatic carbocycles. The number of para-hydroxylation sites is 1. The summed E-state index contributed by atoms with van der Waals surface area (Å²) in [5, 5.41) is 2.79. The normalized spacial score (nSPS) is 11.4. The quantitative estimate of drug-likeness (QED) is 0.568. The van der Waals surface area contributed by atoms with Gasteiger partial charge in [0.05, 0.1) is 17.1 Å². The highest BCUT2D eigenvalue weighted by atomic mass is 32.2. The number of carbonyl (C=O) groups excluding carboxylic acids is 1. The Morgan fingerprint density at radius 2 is 1.90 bits per heavy atom. The average Bonchev–Trinajstić information content (AvgIpc) is 2.72. The molecule has 1 amide bonds. The molecule has 30 heavy (non-hydrogen) atoms. The molecule has 0 aliphatic rings. The van der Waals surface area contributed by atoms with Gasteiger partial charge in [0, 0.05) is 23.1 Å². The molecule has 0 radical (unpaired) electrons. The SMILES string of the molecule is C=CCN(c1ccccc1)S(=O)(=O)c1ccc2[nH]cc(C(=O)NC(C)C)c(=O)c2c1. The van der Waals surface area contributed by atoms with Gasteiger partial charge in [-0.25, -0.2) is 8.42 Å². The van der Waals surface area contributed by atoms with Crippen molar-refractivity contribution in [2.75, 3.05) is 10.8 Å². The van der Waals surface area contributed by atoms with Crippen LogP contribution in [0.5, 0.6) is 0 Å². The van der Waals surface area contributed by atoms with Crippen LogP contribution >= 0.6 is 0 Å². The Morgan fingerprint density at radius 1 is 1.20 bits per heavy atom. The predicted octanol–water partition coefficient (Wildman–Crippen LogP) is 3.05. The number of carbonyl (C=O) groups is 1. The van der Waals surface area contributed by atoms with Crippen molar-refractivity contribution >= 4 is 32.5 Å². The smallest absolute Gasteiger partial charge is 0.264 e. The van der Waals surface area contributed by atoms with Crippen molar-refractivity contribution < 1.29 is 13.2 Å². The lowest BCUT2D eigenvalue weighted by molar-refractivity contribution is 0.0942. The molecule has 0 bridgehead atoms. The molecule has 0 fully saturated rings. The van der Waals surface area contributed by atoms with E-state index < -0.39 is 21.4 Å². The van der Waals surface area contributed by atoms with Gasteiger partial charge in [-0.15, -0.1) is 6.58 Å². The lowest BCUT2D eigenvalue weighted by atomic mass is 10.1. The molecule has 7 nitrogen and oxygen atoms in total. The number of anilines is 1. The molecule has 0 saturated heterocycles. The van der Waals surface area contributed by atoms with Crippen LogP contribution in [0, 0.1) is 0 Å². The maximum atomic E-state index is 13.3. The monoisotopic (exact) mass is 425 g/mol. The number of aromatic nitrogens is 1. The number of hydrogen-bond acceptors (Lipinski definition) is 4. The van der Waals surface area contributed by atoms with E-state index in [0.717, 1.165) is 0 Å². The van der Waals surface area contributed by atoms with Crippen LogP contribution in [-0.2, 0) is 10.0 Å². The van der Waals surface area contributed by atoms with Crippen LogP contribution in [0.25, 0.3) is 10.9 Å². The maximum Gasteiger partial charge on any atom is 0.264 e. The largest absolute Gasteiger partial charge is 0.360 e. The fourth-order valence-corrected chi connectivity index (χ4v) is 4.51. The van der Waals surface area contributed by atoms with E-state index >= 15 is 0 Å². The van der Waals surface area contributed by atoms with Gasteiger partial charge in [0.1, 0.15) is 5.56 Å². The molecule has 2 N–H and O–H groups in total. The highest BCUT2D eigenvalue weighted by molar-refractivity contribution is 7.92. The first-order valence-electron chi connectivity index (χ1n) is 9.40. The van der Waals surface area contributed by atoms with Crippen LogP contribution in [0.1, 0.15) is 24.2 Å². The van der Waals surface area contributed by atoms with Crippen LogP contribution in [0.3, 0.4) is 0 Å². The topological polar surface area (TPSA) is 99.3 Å². The van der Waals surface area contributed by atoms with E-state index in [1.807, 2.05) is 0 Å². The van der Waals surface area contributed by atoms with E-state index in [4.69, 9.17) is 0 Å². The summed E-state index contributed by atoms with van der Waals surface area (Å²) in [6, 6.07) is 12.8. The molecule has 156 valence electrons. The Balaban J connectivity index is 2.13. The van der Waals surface area contributed by atoms with E-state index in [2.05, 4.69) is 16.9 Å². The minimum Gasteiger partial charge on any atom is -0.360 e. The second kappa shape index (κ2) is 8.54. The molecular weight excluding hydrogens is 402 g/mol. The number of benzene rings is 2. The van der Waals surface area contributed by atoms with Crippen molar-refractivity contribution in [2.45, 2.75) is 24.8 Å². The van der Waals surface area contributed by atoms with Crippen molar-refractivity contribution in [3.8, 4) is 0 Å². The Hall–Kier alpha value is -3.39. The third-order valence-corrected chi connectivity index (χ3v) is 6.23. The number of amides is 1. The third-order valence-electron chi connectivity index (χ3n) is 4.44. The minimum atomic E-state index is -3.97. The number of fused-ring (bicyclic) bond motifs is 1. The summed E-state index contributed by atoms with van der Waals surface area (Å²) in [7, 11) is -3.97. The maximum absolute atomic E-state index is 13.3. The van der Waals surface area contributed by atoms with Crippen LogP contribution < -0.4 is 15.1 Å². The summed E-state index contributed by atoms with van der Waals surface area (Å²) in [5.74, 6) is -0.515. The molecule has 0 unspecified atom stereocenters. The van der Waals surface area contributed by atoms with Crippen LogP contribution in [-0.4, -0.2) is 31.9 Å². The van der Waals surface area contributed by atoms with Gasteiger partial charge in [0.25, 0.3) is 15.9 Å². The van der Waals surface area contributed by atoms with Gasteiger partial charge in [-0.05, 0) is 44.2 Å². The number of sulfonamides is 1. The first-order valence-corrected chi connectivity index (χ1v) is 10.8. The fourth-order valence-electron chi connectivity index (χ4n) is 3.05. The zero-order valence-electron chi connectivity index (χ0n) is 16.8. The van der Waals surface area contributed by atoms with E-state index in [1.54, 1.807) is 44.2 Å². The van der Waals surface area contributed by atoms with E-state index in [0.29, 0.717) is 11.2 Å². The second-order valence-electron chi connectivity index (χ2n) is 7.03. The lowest BCUT2D eigenvalue weighted by Gasteiger charge is -2.23. The fraction of sp³-hybridized carbons (Fsp3) is 0.182. The van der Waals surface area contributed by atoms with Crippen molar-refractivity contribution in [3.63, 3.8) is 0 Å². The lowest BCUT2D eigenvalue weighted by Crippen LogP contribution is -2.34. The summed E-state index contributed by atoms with van der Waals surface area (Å²) in [6.07, 6.45) is 2.83. The number of nitrogens with one attached hydrogen (secondary N) is 2. The molecule has 0 saturated carbocycles. The van der Waals surface area contributed by atoms with Crippen molar-refractivity contribution in [3.05, 3.63) is 83.2 Å². The van der Waals surface area contributed by atoms with Crippen molar-refractivity contribution in [1.82, 2.24) is 10.3 Å². The summed E-state index contributed by atoms with van der Waals surface area (Å²) in [5.41, 5.74) is 0.317. The van der Waals surface area contributed by atoms with Crippen molar-refractivity contribution in [1.29, 1.82) is 0 Å². The number of rotatable bonds is 7.